The fraction of sp³-hybridized carbons (Fsp3) is 0.438. The molecule has 116 valence electrons. The first kappa shape index (κ1) is 16.9. The summed E-state index contributed by atoms with van der Waals surface area (Å²) in [7, 11) is 0. The lowest BCUT2D eigenvalue weighted by Crippen LogP contribution is -2.16. The minimum atomic E-state index is -0.680. The van der Waals surface area contributed by atoms with E-state index in [1.54, 1.807) is 6.08 Å². The second-order valence-corrected chi connectivity index (χ2v) is 4.89. The van der Waals surface area contributed by atoms with Gasteiger partial charge in [-0.25, -0.2) is 4.79 Å². The van der Waals surface area contributed by atoms with E-state index in [1.165, 1.54) is 0 Å². The number of esters is 1. The van der Waals surface area contributed by atoms with Crippen molar-refractivity contribution >= 4 is 5.97 Å². The van der Waals surface area contributed by atoms with Gasteiger partial charge in [0.2, 0.25) is 0 Å². The number of ether oxygens (including phenoxy) is 1. The fourth-order valence-electron chi connectivity index (χ4n) is 1.92. The molecule has 0 saturated carbocycles. The number of aromatic hydroxyl groups is 3. The number of rotatable bonds is 8. The summed E-state index contributed by atoms with van der Waals surface area (Å²) < 4.78 is 5.25. The topological polar surface area (TPSA) is 87.0 Å². The Morgan fingerprint density at radius 2 is 1.86 bits per heavy atom. The molecule has 1 rings (SSSR count). The minimum Gasteiger partial charge on any atom is -0.504 e. The minimum absolute atomic E-state index is 0.0248. The standard InChI is InChI=1S/C16H22O5/c1-3-5-6-7-8-12(4-2)21-16(20)11-9-13(17)15(19)14(18)10-11/h4,9-10,12,17-19H,2-3,5-8H2,1H3. The first-order chi connectivity index (χ1) is 9.99. The number of benzene rings is 1. The monoisotopic (exact) mass is 294 g/mol. The smallest absolute Gasteiger partial charge is 0.338 e. The average molecular weight is 294 g/mol. The molecule has 0 bridgehead atoms. The molecule has 0 aliphatic heterocycles. The van der Waals surface area contributed by atoms with Gasteiger partial charge in [0.05, 0.1) is 5.56 Å². The van der Waals surface area contributed by atoms with E-state index in [0.717, 1.165) is 37.8 Å². The van der Waals surface area contributed by atoms with E-state index < -0.39 is 29.3 Å². The summed E-state index contributed by atoms with van der Waals surface area (Å²) in [5, 5.41) is 28.0. The molecule has 0 amide bonds. The maximum Gasteiger partial charge on any atom is 0.338 e. The van der Waals surface area contributed by atoms with E-state index >= 15 is 0 Å². The van der Waals surface area contributed by atoms with Crippen LogP contribution in [0, 0.1) is 0 Å². The Kier molecular flexibility index (Phi) is 6.59. The number of hydrogen-bond donors (Lipinski definition) is 3. The van der Waals surface area contributed by atoms with Crippen LogP contribution in [-0.4, -0.2) is 27.4 Å². The lowest BCUT2D eigenvalue weighted by molar-refractivity contribution is 0.0375. The molecule has 5 heteroatoms. The van der Waals surface area contributed by atoms with Crippen molar-refractivity contribution in [2.75, 3.05) is 0 Å². The van der Waals surface area contributed by atoms with Crippen molar-refractivity contribution < 1.29 is 24.9 Å². The largest absolute Gasteiger partial charge is 0.504 e. The molecular formula is C16H22O5. The lowest BCUT2D eigenvalue weighted by Gasteiger charge is -2.14. The summed E-state index contributed by atoms with van der Waals surface area (Å²) in [6.07, 6.45) is 6.10. The third kappa shape index (κ3) is 5.02. The molecule has 1 aromatic carbocycles. The van der Waals surface area contributed by atoms with Crippen LogP contribution in [0.1, 0.15) is 49.4 Å². The molecular weight excluding hydrogens is 272 g/mol. The van der Waals surface area contributed by atoms with Gasteiger partial charge in [0.15, 0.2) is 17.2 Å². The van der Waals surface area contributed by atoms with Gasteiger partial charge in [-0.3, -0.25) is 0 Å². The zero-order chi connectivity index (χ0) is 15.8. The van der Waals surface area contributed by atoms with Gasteiger partial charge < -0.3 is 20.1 Å². The predicted octanol–water partition coefficient (Wildman–Crippen LogP) is 3.49. The van der Waals surface area contributed by atoms with Gasteiger partial charge in [-0.05, 0) is 25.0 Å². The molecule has 21 heavy (non-hydrogen) atoms. The normalized spacial score (nSPS) is 11.9. The third-order valence-electron chi connectivity index (χ3n) is 3.17. The van der Waals surface area contributed by atoms with Crippen molar-refractivity contribution in [2.45, 2.75) is 45.1 Å². The molecule has 0 aliphatic rings. The molecule has 3 N–H and O–H groups in total. The highest BCUT2D eigenvalue weighted by Crippen LogP contribution is 2.35. The van der Waals surface area contributed by atoms with Gasteiger partial charge in [0.1, 0.15) is 6.10 Å². The Balaban J connectivity index is 2.64. The summed E-state index contributed by atoms with van der Waals surface area (Å²) in [5.41, 5.74) is -0.0248. The van der Waals surface area contributed by atoms with Crippen LogP contribution in [-0.2, 0) is 4.74 Å². The maximum absolute atomic E-state index is 11.9. The van der Waals surface area contributed by atoms with Crippen LogP contribution in [0.5, 0.6) is 17.2 Å². The Labute approximate surface area is 124 Å². The predicted molar refractivity (Wildman–Crippen MR) is 79.6 cm³/mol. The van der Waals surface area contributed by atoms with Crippen LogP contribution in [0.25, 0.3) is 0 Å². The van der Waals surface area contributed by atoms with Crippen molar-refractivity contribution in [3.63, 3.8) is 0 Å². The van der Waals surface area contributed by atoms with E-state index in [-0.39, 0.29) is 5.56 Å². The number of phenolic OH excluding ortho intramolecular Hbond substituents is 3. The summed E-state index contributed by atoms with van der Waals surface area (Å²) in [4.78, 5) is 11.9. The third-order valence-corrected chi connectivity index (χ3v) is 3.17. The molecule has 0 radical (unpaired) electrons. The number of phenols is 3. The average Bonchev–Trinajstić information content (AvgIpc) is 2.47. The second-order valence-electron chi connectivity index (χ2n) is 4.89. The first-order valence-electron chi connectivity index (χ1n) is 7.08. The summed E-state index contributed by atoms with van der Waals surface area (Å²) >= 11 is 0. The molecule has 0 aliphatic carbocycles. The van der Waals surface area contributed by atoms with Gasteiger partial charge in [-0.2, -0.15) is 0 Å². The molecule has 1 atom stereocenters. The Morgan fingerprint density at radius 1 is 1.24 bits per heavy atom. The van der Waals surface area contributed by atoms with Crippen molar-refractivity contribution in [3.05, 3.63) is 30.4 Å². The molecule has 1 unspecified atom stereocenters. The van der Waals surface area contributed by atoms with Gasteiger partial charge in [0, 0.05) is 0 Å². The molecule has 0 spiro atoms. The van der Waals surface area contributed by atoms with Crippen molar-refractivity contribution in [2.24, 2.45) is 0 Å². The van der Waals surface area contributed by atoms with Gasteiger partial charge in [-0.1, -0.05) is 38.8 Å². The van der Waals surface area contributed by atoms with E-state index in [1.807, 2.05) is 0 Å². The first-order valence-corrected chi connectivity index (χ1v) is 7.08. The van der Waals surface area contributed by atoms with Gasteiger partial charge >= 0.3 is 5.97 Å². The fourth-order valence-corrected chi connectivity index (χ4v) is 1.92. The number of unbranched alkanes of at least 4 members (excludes halogenated alkanes) is 3. The highest BCUT2D eigenvalue weighted by atomic mass is 16.5. The quantitative estimate of drug-likeness (QED) is 0.296. The second kappa shape index (κ2) is 8.19. The zero-order valence-corrected chi connectivity index (χ0v) is 12.2. The molecule has 0 fully saturated rings. The summed E-state index contributed by atoms with van der Waals surface area (Å²) in [6, 6.07) is 2.10. The van der Waals surface area contributed by atoms with Gasteiger partial charge in [-0.15, -0.1) is 0 Å². The van der Waals surface area contributed by atoms with Gasteiger partial charge in [0.25, 0.3) is 0 Å². The van der Waals surface area contributed by atoms with E-state index in [4.69, 9.17) is 4.74 Å². The number of carbonyl (C=O) groups excluding carboxylic acids is 1. The van der Waals surface area contributed by atoms with Crippen LogP contribution in [0.3, 0.4) is 0 Å². The van der Waals surface area contributed by atoms with Crippen molar-refractivity contribution in [3.8, 4) is 17.2 Å². The zero-order valence-electron chi connectivity index (χ0n) is 12.2. The highest BCUT2D eigenvalue weighted by Gasteiger charge is 2.17. The lowest BCUT2D eigenvalue weighted by atomic mass is 10.1. The Hall–Kier alpha value is -2.17. The van der Waals surface area contributed by atoms with Crippen LogP contribution in [0.15, 0.2) is 24.8 Å². The maximum atomic E-state index is 11.9. The molecule has 0 saturated heterocycles. The highest BCUT2D eigenvalue weighted by molar-refractivity contribution is 5.91. The number of hydrogen-bond acceptors (Lipinski definition) is 5. The molecule has 1 aromatic rings. The Morgan fingerprint density at radius 3 is 2.38 bits per heavy atom. The molecule has 0 aromatic heterocycles. The van der Waals surface area contributed by atoms with Crippen LogP contribution >= 0.6 is 0 Å². The van der Waals surface area contributed by atoms with Crippen LogP contribution < -0.4 is 0 Å². The number of carbonyl (C=O) groups is 1. The molecule has 0 heterocycles. The summed E-state index contributed by atoms with van der Waals surface area (Å²) in [5.74, 6) is -2.48. The summed E-state index contributed by atoms with van der Waals surface area (Å²) in [6.45, 7) is 5.76. The SMILES string of the molecule is C=CC(CCCCCC)OC(=O)c1cc(O)c(O)c(O)c1. The van der Waals surface area contributed by atoms with E-state index in [0.29, 0.717) is 6.42 Å². The van der Waals surface area contributed by atoms with Crippen LogP contribution in [0.2, 0.25) is 0 Å². The van der Waals surface area contributed by atoms with Crippen molar-refractivity contribution in [1.82, 2.24) is 0 Å². The Bertz CT molecular complexity index is 472. The van der Waals surface area contributed by atoms with Crippen LogP contribution in [0.4, 0.5) is 0 Å². The van der Waals surface area contributed by atoms with E-state index in [2.05, 4.69) is 13.5 Å². The van der Waals surface area contributed by atoms with E-state index in [9.17, 15) is 20.1 Å². The molecule has 5 nitrogen and oxygen atoms in total. The van der Waals surface area contributed by atoms with Crippen molar-refractivity contribution in [1.29, 1.82) is 0 Å².